The van der Waals surface area contributed by atoms with E-state index in [1.54, 1.807) is 6.92 Å². The van der Waals surface area contributed by atoms with Crippen molar-refractivity contribution in [2.75, 3.05) is 52.1 Å². The quantitative estimate of drug-likeness (QED) is 0.743. The van der Waals surface area contributed by atoms with Gasteiger partial charge in [0.25, 0.3) is 5.91 Å². The van der Waals surface area contributed by atoms with E-state index in [0.717, 1.165) is 25.9 Å². The van der Waals surface area contributed by atoms with Crippen molar-refractivity contribution in [1.29, 1.82) is 0 Å². The lowest BCUT2D eigenvalue weighted by molar-refractivity contribution is -0.152. The van der Waals surface area contributed by atoms with Crippen LogP contribution in [0, 0.1) is 0 Å². The van der Waals surface area contributed by atoms with Gasteiger partial charge in [-0.05, 0) is 32.9 Å². The molecular weight excluding hydrogens is 306 g/mol. The van der Waals surface area contributed by atoms with Crippen molar-refractivity contribution in [3.63, 3.8) is 0 Å². The monoisotopic (exact) mass is 333 g/mol. The number of hydrogen-bond acceptors (Lipinski definition) is 5. The van der Waals surface area contributed by atoms with Crippen molar-refractivity contribution >= 4 is 15.9 Å². The smallest absolute Gasteiger partial charge is 0.253 e. The Hall–Kier alpha value is -0.700. The second-order valence-electron chi connectivity index (χ2n) is 6.33. The number of rotatable bonds is 5. The molecule has 7 nitrogen and oxygen atoms in total. The number of nitrogens with one attached hydrogen (secondary N) is 1. The van der Waals surface area contributed by atoms with Crippen LogP contribution in [0.4, 0.5) is 0 Å². The minimum Gasteiger partial charge on any atom is -0.363 e. The molecule has 128 valence electrons. The molecule has 2 rings (SSSR count). The number of piperidine rings is 1. The molecule has 0 spiro atoms. The third kappa shape index (κ3) is 4.65. The fraction of sp³-hybridized carbons (Fsp3) is 0.929. The van der Waals surface area contributed by atoms with Gasteiger partial charge in [-0.25, -0.2) is 8.42 Å². The molecule has 0 aromatic heterocycles. The van der Waals surface area contributed by atoms with Gasteiger partial charge in [0.05, 0.1) is 19.4 Å². The molecule has 0 unspecified atom stereocenters. The van der Waals surface area contributed by atoms with Gasteiger partial charge in [-0.2, -0.15) is 4.31 Å². The molecule has 1 N–H and O–H groups in total. The van der Waals surface area contributed by atoms with Crippen LogP contribution in [0.25, 0.3) is 0 Å². The fourth-order valence-electron chi connectivity index (χ4n) is 2.95. The minimum absolute atomic E-state index is 0.0708. The van der Waals surface area contributed by atoms with Gasteiger partial charge < -0.3 is 15.0 Å². The van der Waals surface area contributed by atoms with Gasteiger partial charge in [-0.1, -0.05) is 6.42 Å². The second-order valence-corrected chi connectivity index (χ2v) is 8.32. The molecule has 0 aliphatic carbocycles. The summed E-state index contributed by atoms with van der Waals surface area (Å²) in [6.45, 7) is 5.84. The van der Waals surface area contributed by atoms with Crippen LogP contribution in [0.5, 0.6) is 0 Å². The maximum Gasteiger partial charge on any atom is 0.253 e. The summed E-state index contributed by atoms with van der Waals surface area (Å²) >= 11 is 0. The van der Waals surface area contributed by atoms with Crippen molar-refractivity contribution in [3.8, 4) is 0 Å². The summed E-state index contributed by atoms with van der Waals surface area (Å²) in [7, 11) is -3.30. The third-order valence-corrected chi connectivity index (χ3v) is 5.60. The lowest BCUT2D eigenvalue weighted by atomic mass is 10.0. The number of carbonyl (C=O) groups excluding carboxylic acids is 1. The molecule has 1 amide bonds. The first kappa shape index (κ1) is 17.7. The van der Waals surface area contributed by atoms with Gasteiger partial charge in [-0.15, -0.1) is 0 Å². The first-order valence-corrected chi connectivity index (χ1v) is 9.76. The van der Waals surface area contributed by atoms with E-state index in [4.69, 9.17) is 4.74 Å². The Morgan fingerprint density at radius 3 is 2.55 bits per heavy atom. The van der Waals surface area contributed by atoms with E-state index in [-0.39, 0.29) is 19.1 Å². The Balaban J connectivity index is 1.82. The number of ether oxygens (including phenoxy) is 1. The average Bonchev–Trinajstić information content (AvgIpc) is 2.47. The molecular formula is C14H27N3O4S. The summed E-state index contributed by atoms with van der Waals surface area (Å²) in [4.78, 5) is 14.7. The van der Waals surface area contributed by atoms with Gasteiger partial charge >= 0.3 is 0 Å². The number of sulfonamides is 1. The average molecular weight is 333 g/mol. The highest BCUT2D eigenvalue weighted by Crippen LogP contribution is 2.19. The van der Waals surface area contributed by atoms with E-state index < -0.39 is 15.6 Å². The molecule has 2 fully saturated rings. The third-order valence-electron chi connectivity index (χ3n) is 4.35. The number of amides is 1. The highest BCUT2D eigenvalue weighted by molar-refractivity contribution is 7.88. The van der Waals surface area contributed by atoms with Crippen LogP contribution >= 0.6 is 0 Å². The van der Waals surface area contributed by atoms with E-state index in [1.165, 1.54) is 23.6 Å². The molecule has 0 radical (unpaired) electrons. The Kier molecular flexibility index (Phi) is 5.81. The fourth-order valence-corrected chi connectivity index (χ4v) is 3.84. The Bertz CT molecular complexity index is 490. The molecule has 2 aliphatic rings. The van der Waals surface area contributed by atoms with Crippen molar-refractivity contribution in [3.05, 3.63) is 0 Å². The zero-order chi connectivity index (χ0) is 16.2. The minimum atomic E-state index is -3.30. The Morgan fingerprint density at radius 2 is 1.91 bits per heavy atom. The van der Waals surface area contributed by atoms with E-state index in [9.17, 15) is 13.2 Å². The van der Waals surface area contributed by atoms with Gasteiger partial charge in [0.15, 0.2) is 5.60 Å². The molecule has 0 aromatic rings. The molecule has 1 atom stereocenters. The summed E-state index contributed by atoms with van der Waals surface area (Å²) in [5.74, 6) is -0.238. The highest BCUT2D eigenvalue weighted by atomic mass is 32.2. The van der Waals surface area contributed by atoms with Gasteiger partial charge in [0.1, 0.15) is 0 Å². The van der Waals surface area contributed by atoms with Crippen LogP contribution in [0.1, 0.15) is 26.2 Å². The highest BCUT2D eigenvalue weighted by Gasteiger charge is 2.41. The molecule has 22 heavy (non-hydrogen) atoms. The summed E-state index contributed by atoms with van der Waals surface area (Å²) in [6, 6.07) is 0. The normalized spacial score (nSPS) is 28.5. The Labute approximate surface area is 133 Å². The number of hydrogen-bond donors (Lipinski definition) is 1. The molecule has 2 heterocycles. The molecule has 2 aliphatic heterocycles. The first-order valence-electron chi connectivity index (χ1n) is 7.91. The lowest BCUT2D eigenvalue weighted by Crippen LogP contribution is -2.59. The topological polar surface area (TPSA) is 79.0 Å². The first-order chi connectivity index (χ1) is 10.3. The van der Waals surface area contributed by atoms with Crippen LogP contribution in [0.3, 0.4) is 0 Å². The van der Waals surface area contributed by atoms with Gasteiger partial charge in [0, 0.05) is 19.6 Å². The van der Waals surface area contributed by atoms with E-state index in [2.05, 4.69) is 10.2 Å². The van der Waals surface area contributed by atoms with E-state index in [1.807, 2.05) is 0 Å². The van der Waals surface area contributed by atoms with E-state index >= 15 is 0 Å². The van der Waals surface area contributed by atoms with Crippen LogP contribution in [0.2, 0.25) is 0 Å². The van der Waals surface area contributed by atoms with E-state index in [0.29, 0.717) is 13.1 Å². The maximum absolute atomic E-state index is 12.4. The Morgan fingerprint density at radius 1 is 1.23 bits per heavy atom. The molecule has 8 heteroatoms. The number of morpholine rings is 1. The predicted octanol–water partition coefficient (Wildman–Crippen LogP) is -0.361. The van der Waals surface area contributed by atoms with Gasteiger partial charge in [0.2, 0.25) is 10.0 Å². The zero-order valence-corrected chi connectivity index (χ0v) is 14.3. The molecule has 0 saturated carbocycles. The molecule has 2 saturated heterocycles. The van der Waals surface area contributed by atoms with Crippen LogP contribution in [-0.4, -0.2) is 81.3 Å². The summed E-state index contributed by atoms with van der Waals surface area (Å²) < 4.78 is 30.2. The molecule has 0 bridgehead atoms. The lowest BCUT2D eigenvalue weighted by Gasteiger charge is -2.38. The maximum atomic E-state index is 12.4. The van der Waals surface area contributed by atoms with Crippen molar-refractivity contribution < 1.29 is 17.9 Å². The summed E-state index contributed by atoms with van der Waals surface area (Å²) in [5.41, 5.74) is -1.11. The largest absolute Gasteiger partial charge is 0.363 e. The predicted molar refractivity (Wildman–Crippen MR) is 84.1 cm³/mol. The number of nitrogens with zero attached hydrogens (tertiary/aromatic N) is 2. The number of likely N-dealkylation sites (tertiary alicyclic amines) is 1. The summed E-state index contributed by atoms with van der Waals surface area (Å²) in [5, 5.41) is 2.89. The van der Waals surface area contributed by atoms with Crippen LogP contribution < -0.4 is 5.32 Å². The second kappa shape index (κ2) is 7.25. The SMILES string of the molecule is C[C@@]1(C(=O)NCCN2CCCCC2)CN(S(C)(=O)=O)CCO1. The van der Waals surface area contributed by atoms with Crippen molar-refractivity contribution in [1.82, 2.24) is 14.5 Å². The van der Waals surface area contributed by atoms with Crippen LogP contribution in [0.15, 0.2) is 0 Å². The van der Waals surface area contributed by atoms with Gasteiger partial charge in [-0.3, -0.25) is 4.79 Å². The van der Waals surface area contributed by atoms with Crippen LogP contribution in [-0.2, 0) is 19.6 Å². The standard InChI is InChI=1S/C14H27N3O4S/c1-14(12-17(10-11-21-14)22(2,19)20)13(18)15-6-9-16-7-4-3-5-8-16/h3-12H2,1-2H3,(H,15,18)/t14-/m0/s1. The number of carbonyl (C=O) groups is 1. The van der Waals surface area contributed by atoms with Crippen molar-refractivity contribution in [2.24, 2.45) is 0 Å². The zero-order valence-electron chi connectivity index (χ0n) is 13.5. The molecule has 0 aromatic carbocycles. The van der Waals surface area contributed by atoms with Crippen molar-refractivity contribution in [2.45, 2.75) is 31.8 Å². The summed E-state index contributed by atoms with van der Waals surface area (Å²) in [6.07, 6.45) is 4.89.